The number of carbonyl (C=O) groups excluding carboxylic acids is 1. The van der Waals surface area contributed by atoms with E-state index in [9.17, 15) is 14.9 Å². The summed E-state index contributed by atoms with van der Waals surface area (Å²) in [4.78, 5) is 23.9. The van der Waals surface area contributed by atoms with Crippen LogP contribution in [0.25, 0.3) is 16.2 Å². The zero-order valence-electron chi connectivity index (χ0n) is 15.6. The van der Waals surface area contributed by atoms with Crippen molar-refractivity contribution in [1.82, 2.24) is 14.6 Å². The average Bonchev–Trinajstić information content (AvgIpc) is 3.35. The molecule has 4 aromatic rings. The molecule has 152 valence electrons. The number of nitro benzene ring substituents is 1. The maximum Gasteiger partial charge on any atom is 0.296 e. The third-order valence-electron chi connectivity index (χ3n) is 4.20. The standard InChI is InChI=1S/C19H15N5O4S2/c1-28-13-7-8-14(15(9-13)24(26)27)20-17(25)11-30-19-22-21-18-23(19)16(10-29-18)12-5-3-2-4-6-12/h2-10H,11H2,1H3,(H,20,25). The van der Waals surface area contributed by atoms with Crippen LogP contribution in [0.1, 0.15) is 0 Å². The minimum Gasteiger partial charge on any atom is -0.496 e. The highest BCUT2D eigenvalue weighted by atomic mass is 32.2. The molecule has 0 unspecified atom stereocenters. The Labute approximate surface area is 178 Å². The van der Waals surface area contributed by atoms with Gasteiger partial charge in [0.1, 0.15) is 11.4 Å². The highest BCUT2D eigenvalue weighted by molar-refractivity contribution is 7.99. The van der Waals surface area contributed by atoms with E-state index in [0.717, 1.165) is 16.2 Å². The van der Waals surface area contributed by atoms with Crippen LogP contribution in [-0.4, -0.2) is 38.3 Å². The van der Waals surface area contributed by atoms with Crippen LogP contribution in [0.2, 0.25) is 0 Å². The lowest BCUT2D eigenvalue weighted by atomic mass is 10.2. The predicted octanol–water partition coefficient (Wildman–Crippen LogP) is 4.11. The van der Waals surface area contributed by atoms with E-state index in [-0.39, 0.29) is 23.0 Å². The second-order valence-corrected chi connectivity index (χ2v) is 7.84. The summed E-state index contributed by atoms with van der Waals surface area (Å²) in [5.41, 5.74) is 1.83. The van der Waals surface area contributed by atoms with Crippen LogP contribution in [-0.2, 0) is 4.79 Å². The second-order valence-electron chi connectivity index (χ2n) is 6.06. The molecule has 1 N–H and O–H groups in total. The molecule has 4 rings (SSSR count). The molecule has 0 aliphatic rings. The fourth-order valence-corrected chi connectivity index (χ4v) is 4.45. The van der Waals surface area contributed by atoms with Gasteiger partial charge in [0, 0.05) is 5.38 Å². The zero-order chi connectivity index (χ0) is 21.1. The van der Waals surface area contributed by atoms with E-state index in [4.69, 9.17) is 4.74 Å². The average molecular weight is 441 g/mol. The predicted molar refractivity (Wildman–Crippen MR) is 115 cm³/mol. The molecule has 2 heterocycles. The fourth-order valence-electron chi connectivity index (χ4n) is 2.81. The van der Waals surface area contributed by atoms with Crippen molar-refractivity contribution < 1.29 is 14.5 Å². The molecule has 1 amide bonds. The third-order valence-corrected chi connectivity index (χ3v) is 5.94. The minimum absolute atomic E-state index is 0.0219. The van der Waals surface area contributed by atoms with Crippen LogP contribution in [0, 0.1) is 10.1 Å². The van der Waals surface area contributed by atoms with Crippen LogP contribution in [0.4, 0.5) is 11.4 Å². The Morgan fingerprint density at radius 3 is 2.80 bits per heavy atom. The first-order chi connectivity index (χ1) is 14.6. The van der Waals surface area contributed by atoms with Gasteiger partial charge in [0.25, 0.3) is 5.69 Å². The lowest BCUT2D eigenvalue weighted by molar-refractivity contribution is -0.384. The molecular formula is C19H15N5O4S2. The number of rotatable bonds is 7. The van der Waals surface area contributed by atoms with Gasteiger partial charge in [-0.1, -0.05) is 42.1 Å². The van der Waals surface area contributed by atoms with Crippen molar-refractivity contribution in [1.29, 1.82) is 0 Å². The third kappa shape index (κ3) is 3.98. The van der Waals surface area contributed by atoms with E-state index < -0.39 is 4.92 Å². The summed E-state index contributed by atoms with van der Waals surface area (Å²) in [5.74, 6) is -0.0269. The number of anilines is 1. The van der Waals surface area contributed by atoms with Gasteiger partial charge in [0.2, 0.25) is 10.9 Å². The number of nitrogens with zero attached hydrogens (tertiary/aromatic N) is 4. The Morgan fingerprint density at radius 1 is 1.27 bits per heavy atom. The lowest BCUT2D eigenvalue weighted by Gasteiger charge is -2.07. The van der Waals surface area contributed by atoms with Crippen LogP contribution in [0.3, 0.4) is 0 Å². The summed E-state index contributed by atoms with van der Waals surface area (Å²) >= 11 is 2.67. The fraction of sp³-hybridized carbons (Fsp3) is 0.105. The van der Waals surface area contributed by atoms with Crippen LogP contribution in [0.15, 0.2) is 59.1 Å². The highest BCUT2D eigenvalue weighted by Gasteiger charge is 2.19. The van der Waals surface area contributed by atoms with E-state index in [1.54, 1.807) is 6.07 Å². The monoisotopic (exact) mass is 441 g/mol. The van der Waals surface area contributed by atoms with Gasteiger partial charge < -0.3 is 10.1 Å². The van der Waals surface area contributed by atoms with E-state index in [1.165, 1.54) is 42.3 Å². The number of aromatic nitrogens is 3. The van der Waals surface area contributed by atoms with Crippen molar-refractivity contribution in [2.45, 2.75) is 5.16 Å². The largest absolute Gasteiger partial charge is 0.496 e. The zero-order valence-corrected chi connectivity index (χ0v) is 17.3. The van der Waals surface area contributed by atoms with Crippen LogP contribution < -0.4 is 10.1 Å². The molecule has 2 aromatic heterocycles. The van der Waals surface area contributed by atoms with Gasteiger partial charge in [0.05, 0.1) is 29.5 Å². The van der Waals surface area contributed by atoms with Crippen molar-refractivity contribution in [3.8, 4) is 17.0 Å². The van der Waals surface area contributed by atoms with Crippen molar-refractivity contribution >= 4 is 45.3 Å². The Morgan fingerprint density at radius 2 is 2.07 bits per heavy atom. The first kappa shape index (κ1) is 19.9. The maximum absolute atomic E-state index is 12.4. The summed E-state index contributed by atoms with van der Waals surface area (Å²) in [7, 11) is 1.42. The Hall–Kier alpha value is -3.44. The Bertz CT molecular complexity index is 1220. The first-order valence-electron chi connectivity index (χ1n) is 8.70. The topological polar surface area (TPSA) is 112 Å². The lowest BCUT2D eigenvalue weighted by Crippen LogP contribution is -2.15. The summed E-state index contributed by atoms with van der Waals surface area (Å²) in [6, 6.07) is 14.1. The van der Waals surface area contributed by atoms with Gasteiger partial charge in [-0.15, -0.1) is 21.5 Å². The van der Waals surface area contributed by atoms with E-state index in [1.807, 2.05) is 40.1 Å². The molecule has 0 saturated heterocycles. The number of nitro groups is 1. The molecular weight excluding hydrogens is 426 g/mol. The molecule has 11 heteroatoms. The number of thioether (sulfide) groups is 1. The molecule has 0 radical (unpaired) electrons. The number of ether oxygens (including phenoxy) is 1. The van der Waals surface area contributed by atoms with Gasteiger partial charge in [-0.2, -0.15) is 0 Å². The van der Waals surface area contributed by atoms with E-state index >= 15 is 0 Å². The molecule has 0 aliphatic heterocycles. The summed E-state index contributed by atoms with van der Waals surface area (Å²) in [5, 5.41) is 24.8. The summed E-state index contributed by atoms with van der Waals surface area (Å²) < 4.78 is 6.90. The summed E-state index contributed by atoms with van der Waals surface area (Å²) in [6.45, 7) is 0. The molecule has 0 saturated carbocycles. The number of hydrogen-bond acceptors (Lipinski definition) is 8. The molecule has 0 aliphatic carbocycles. The van der Waals surface area contributed by atoms with Crippen LogP contribution in [0.5, 0.6) is 5.75 Å². The number of methoxy groups -OCH3 is 1. The second kappa shape index (κ2) is 8.51. The number of thiazole rings is 1. The van der Waals surface area contributed by atoms with Gasteiger partial charge in [0.15, 0.2) is 5.16 Å². The number of hydrogen-bond donors (Lipinski definition) is 1. The van der Waals surface area contributed by atoms with E-state index in [2.05, 4.69) is 15.5 Å². The molecule has 0 bridgehead atoms. The van der Waals surface area contributed by atoms with Crippen molar-refractivity contribution in [3.63, 3.8) is 0 Å². The van der Waals surface area contributed by atoms with Gasteiger partial charge in [-0.05, 0) is 17.7 Å². The first-order valence-corrected chi connectivity index (χ1v) is 10.6. The molecule has 30 heavy (non-hydrogen) atoms. The molecule has 0 fully saturated rings. The Kier molecular flexibility index (Phi) is 5.63. The number of carbonyl (C=O) groups is 1. The van der Waals surface area contributed by atoms with Gasteiger partial charge in [-0.25, -0.2) is 0 Å². The minimum atomic E-state index is -0.565. The SMILES string of the molecule is COc1ccc(NC(=O)CSc2nnc3scc(-c4ccccc4)n23)c([N+](=O)[O-])c1. The van der Waals surface area contributed by atoms with Gasteiger partial charge in [-0.3, -0.25) is 19.3 Å². The highest BCUT2D eigenvalue weighted by Crippen LogP contribution is 2.31. The van der Waals surface area contributed by atoms with Crippen molar-refractivity contribution in [2.75, 3.05) is 18.2 Å². The normalized spacial score (nSPS) is 10.8. The smallest absolute Gasteiger partial charge is 0.296 e. The summed E-state index contributed by atoms with van der Waals surface area (Å²) in [6.07, 6.45) is 0. The van der Waals surface area contributed by atoms with Gasteiger partial charge >= 0.3 is 0 Å². The maximum atomic E-state index is 12.4. The van der Waals surface area contributed by atoms with Crippen molar-refractivity contribution in [3.05, 3.63) is 64.0 Å². The quantitative estimate of drug-likeness (QED) is 0.261. The number of nitrogens with one attached hydrogen (secondary N) is 1. The van der Waals surface area contributed by atoms with E-state index in [0.29, 0.717) is 10.9 Å². The Balaban J connectivity index is 1.51. The number of benzene rings is 2. The number of amides is 1. The molecule has 9 nitrogen and oxygen atoms in total. The van der Waals surface area contributed by atoms with Crippen LogP contribution >= 0.6 is 23.1 Å². The molecule has 0 atom stereocenters. The molecule has 0 spiro atoms. The molecule has 2 aromatic carbocycles. The number of fused-ring (bicyclic) bond motifs is 1. The van der Waals surface area contributed by atoms with Crippen molar-refractivity contribution in [2.24, 2.45) is 0 Å².